The normalized spacial score (nSPS) is 11.0. The van der Waals surface area contributed by atoms with Gasteiger partial charge in [-0.1, -0.05) is 74.0 Å². The first-order chi connectivity index (χ1) is 10.5. The molecule has 0 heterocycles. The maximum absolute atomic E-state index is 12.0. The van der Waals surface area contributed by atoms with E-state index in [1.165, 1.54) is 11.1 Å². The predicted molar refractivity (Wildman–Crippen MR) is 90.9 cm³/mol. The lowest BCUT2D eigenvalue weighted by Gasteiger charge is -2.25. The van der Waals surface area contributed by atoms with Crippen molar-refractivity contribution in [1.29, 1.82) is 0 Å². The number of hydrogen-bond acceptors (Lipinski definition) is 1. The molecule has 2 N–H and O–H groups in total. The van der Waals surface area contributed by atoms with Crippen molar-refractivity contribution in [2.75, 3.05) is 6.54 Å². The second-order valence-electron chi connectivity index (χ2n) is 6.28. The summed E-state index contributed by atoms with van der Waals surface area (Å²) in [5.41, 5.74) is 3.43. The average Bonchev–Trinajstić information content (AvgIpc) is 2.52. The molecule has 116 valence electrons. The maximum atomic E-state index is 12.0. The molecule has 0 unspecified atom stereocenters. The molecule has 0 radical (unpaired) electrons. The third-order valence-corrected chi connectivity index (χ3v) is 3.78. The van der Waals surface area contributed by atoms with Crippen molar-refractivity contribution in [2.45, 2.75) is 32.7 Å². The summed E-state index contributed by atoms with van der Waals surface area (Å²) in [7, 11) is 0. The Morgan fingerprint density at radius 2 is 1.73 bits per heavy atom. The monoisotopic (exact) mass is 296 g/mol. The van der Waals surface area contributed by atoms with Gasteiger partial charge < -0.3 is 10.6 Å². The van der Waals surface area contributed by atoms with Crippen molar-refractivity contribution in [3.63, 3.8) is 0 Å². The Kier molecular flexibility index (Phi) is 5.21. The fraction of sp³-hybridized carbons (Fsp3) is 0.316. The summed E-state index contributed by atoms with van der Waals surface area (Å²) in [5, 5.41) is 5.86. The Bertz CT molecular complexity index is 620. The van der Waals surface area contributed by atoms with Gasteiger partial charge in [0.2, 0.25) is 0 Å². The standard InChI is InChI=1S/C19H24N2O/c1-15-8-7-9-16(12-15)13-20-18(22)21-14-19(2,3)17-10-5-4-6-11-17/h4-12H,13-14H2,1-3H3,(H2,20,21,22). The maximum Gasteiger partial charge on any atom is 0.315 e. The van der Waals surface area contributed by atoms with Crippen LogP contribution in [0.15, 0.2) is 54.6 Å². The highest BCUT2D eigenvalue weighted by molar-refractivity contribution is 5.74. The van der Waals surface area contributed by atoms with Crippen molar-refractivity contribution in [3.8, 4) is 0 Å². The number of carbonyl (C=O) groups is 1. The van der Waals surface area contributed by atoms with E-state index < -0.39 is 0 Å². The highest BCUT2D eigenvalue weighted by Crippen LogP contribution is 2.21. The van der Waals surface area contributed by atoms with Gasteiger partial charge in [-0.25, -0.2) is 4.79 Å². The number of urea groups is 1. The number of aryl methyl sites for hydroxylation is 1. The Balaban J connectivity index is 1.82. The molecule has 3 heteroatoms. The molecule has 0 bridgehead atoms. The predicted octanol–water partition coefficient (Wildman–Crippen LogP) is 3.77. The summed E-state index contributed by atoms with van der Waals surface area (Å²) in [6.45, 7) is 7.44. The highest BCUT2D eigenvalue weighted by atomic mass is 16.2. The minimum absolute atomic E-state index is 0.0953. The van der Waals surface area contributed by atoms with Crippen LogP contribution in [0.1, 0.15) is 30.5 Å². The Labute approximate surface area is 132 Å². The molecule has 2 aromatic rings. The molecule has 22 heavy (non-hydrogen) atoms. The zero-order valence-corrected chi connectivity index (χ0v) is 13.5. The average molecular weight is 296 g/mol. The lowest BCUT2D eigenvalue weighted by atomic mass is 9.85. The van der Waals surface area contributed by atoms with E-state index in [1.807, 2.05) is 43.3 Å². The summed E-state index contributed by atoms with van der Waals surface area (Å²) in [5.74, 6) is 0. The van der Waals surface area contributed by atoms with Gasteiger partial charge in [-0.2, -0.15) is 0 Å². The number of rotatable bonds is 5. The van der Waals surface area contributed by atoms with E-state index in [0.717, 1.165) is 5.56 Å². The summed E-state index contributed by atoms with van der Waals surface area (Å²) in [6.07, 6.45) is 0. The molecule has 0 aromatic heterocycles. The van der Waals surface area contributed by atoms with E-state index in [4.69, 9.17) is 0 Å². The SMILES string of the molecule is Cc1cccc(CNC(=O)NCC(C)(C)c2ccccc2)c1. The van der Waals surface area contributed by atoms with E-state index in [0.29, 0.717) is 13.1 Å². The fourth-order valence-electron chi connectivity index (χ4n) is 2.36. The van der Waals surface area contributed by atoms with Crippen molar-refractivity contribution in [2.24, 2.45) is 0 Å². The molecule has 0 saturated carbocycles. The molecule has 3 nitrogen and oxygen atoms in total. The molecule has 0 aliphatic heterocycles. The molecule has 2 amide bonds. The Hall–Kier alpha value is -2.29. The van der Waals surface area contributed by atoms with Gasteiger partial charge in [0.25, 0.3) is 0 Å². The lowest BCUT2D eigenvalue weighted by molar-refractivity contribution is 0.238. The summed E-state index contributed by atoms with van der Waals surface area (Å²) < 4.78 is 0. The van der Waals surface area contributed by atoms with Gasteiger partial charge in [0.05, 0.1) is 0 Å². The van der Waals surface area contributed by atoms with Crippen LogP contribution in [-0.2, 0) is 12.0 Å². The minimum atomic E-state index is -0.134. The first kappa shape index (κ1) is 16.1. The van der Waals surface area contributed by atoms with Crippen LogP contribution < -0.4 is 10.6 Å². The molecule has 0 spiro atoms. The first-order valence-corrected chi connectivity index (χ1v) is 7.60. The van der Waals surface area contributed by atoms with Gasteiger partial charge in [-0.3, -0.25) is 0 Å². The number of nitrogens with one attached hydrogen (secondary N) is 2. The van der Waals surface area contributed by atoms with Crippen molar-refractivity contribution in [1.82, 2.24) is 10.6 Å². The number of amides is 2. The molecule has 0 saturated heterocycles. The van der Waals surface area contributed by atoms with Gasteiger partial charge in [-0.15, -0.1) is 0 Å². The van der Waals surface area contributed by atoms with Crippen LogP contribution in [0, 0.1) is 6.92 Å². The summed E-state index contributed by atoms with van der Waals surface area (Å²) in [6, 6.07) is 18.2. The molecule has 0 aliphatic rings. The van der Waals surface area contributed by atoms with Gasteiger partial charge >= 0.3 is 6.03 Å². The number of carbonyl (C=O) groups excluding carboxylic acids is 1. The van der Waals surface area contributed by atoms with Crippen molar-refractivity contribution < 1.29 is 4.79 Å². The van der Waals surface area contributed by atoms with Crippen LogP contribution in [-0.4, -0.2) is 12.6 Å². The van der Waals surface area contributed by atoms with Crippen LogP contribution >= 0.6 is 0 Å². The van der Waals surface area contributed by atoms with E-state index in [9.17, 15) is 4.79 Å². The molecular formula is C19H24N2O. The van der Waals surface area contributed by atoms with Crippen molar-refractivity contribution in [3.05, 3.63) is 71.3 Å². The van der Waals surface area contributed by atoms with Crippen LogP contribution in [0.25, 0.3) is 0 Å². The second kappa shape index (κ2) is 7.12. The Morgan fingerprint density at radius 1 is 1.00 bits per heavy atom. The largest absolute Gasteiger partial charge is 0.337 e. The molecule has 0 fully saturated rings. The summed E-state index contributed by atoms with van der Waals surface area (Å²) in [4.78, 5) is 12.0. The van der Waals surface area contributed by atoms with E-state index in [1.54, 1.807) is 0 Å². The minimum Gasteiger partial charge on any atom is -0.337 e. The third kappa shape index (κ3) is 4.62. The zero-order chi connectivity index (χ0) is 16.0. The van der Waals surface area contributed by atoms with Gasteiger partial charge in [0.15, 0.2) is 0 Å². The molecule has 2 aromatic carbocycles. The first-order valence-electron chi connectivity index (χ1n) is 7.60. The van der Waals surface area contributed by atoms with E-state index >= 15 is 0 Å². The molecule has 2 rings (SSSR count). The third-order valence-electron chi connectivity index (χ3n) is 3.78. The smallest absolute Gasteiger partial charge is 0.315 e. The summed E-state index contributed by atoms with van der Waals surface area (Å²) >= 11 is 0. The molecule has 0 aliphatic carbocycles. The molecule has 0 atom stereocenters. The van der Waals surface area contributed by atoms with Gasteiger partial charge in [-0.05, 0) is 18.1 Å². The fourth-order valence-corrected chi connectivity index (χ4v) is 2.36. The van der Waals surface area contributed by atoms with Crippen LogP contribution in [0.4, 0.5) is 4.79 Å². The topological polar surface area (TPSA) is 41.1 Å². The number of hydrogen-bond donors (Lipinski definition) is 2. The Morgan fingerprint density at radius 3 is 2.41 bits per heavy atom. The van der Waals surface area contributed by atoms with Gasteiger partial charge in [0, 0.05) is 18.5 Å². The van der Waals surface area contributed by atoms with E-state index in [2.05, 4.69) is 42.7 Å². The van der Waals surface area contributed by atoms with Crippen LogP contribution in [0.3, 0.4) is 0 Å². The van der Waals surface area contributed by atoms with Gasteiger partial charge in [0.1, 0.15) is 0 Å². The number of benzene rings is 2. The molecular weight excluding hydrogens is 272 g/mol. The second-order valence-corrected chi connectivity index (χ2v) is 6.28. The van der Waals surface area contributed by atoms with E-state index in [-0.39, 0.29) is 11.4 Å². The lowest BCUT2D eigenvalue weighted by Crippen LogP contribution is -2.42. The van der Waals surface area contributed by atoms with Crippen molar-refractivity contribution >= 4 is 6.03 Å². The highest BCUT2D eigenvalue weighted by Gasteiger charge is 2.20. The quantitative estimate of drug-likeness (QED) is 0.866. The zero-order valence-electron chi connectivity index (χ0n) is 13.5. The van der Waals surface area contributed by atoms with Crippen LogP contribution in [0.2, 0.25) is 0 Å². The van der Waals surface area contributed by atoms with Crippen LogP contribution in [0.5, 0.6) is 0 Å².